The van der Waals surface area contributed by atoms with Crippen molar-refractivity contribution in [2.24, 2.45) is 0 Å². The first kappa shape index (κ1) is 19.0. The second-order valence-electron chi connectivity index (χ2n) is 6.97. The number of aromatic nitrogens is 2. The number of H-pyrrole nitrogens is 1. The first-order valence-corrected chi connectivity index (χ1v) is 9.87. The predicted octanol–water partition coefficient (Wildman–Crippen LogP) is 3.95. The number of anilines is 1. The quantitative estimate of drug-likeness (QED) is 0.715. The third-order valence-corrected chi connectivity index (χ3v) is 5.34. The van der Waals surface area contributed by atoms with Crippen LogP contribution in [0.25, 0.3) is 11.3 Å². The Kier molecular flexibility index (Phi) is 5.50. The monoisotopic (exact) mass is 405 g/mol. The highest BCUT2D eigenvalue weighted by Gasteiger charge is 2.21. The van der Waals surface area contributed by atoms with E-state index in [0.717, 1.165) is 30.0 Å². The van der Waals surface area contributed by atoms with Gasteiger partial charge in [-0.15, -0.1) is 0 Å². The smallest absolute Gasteiger partial charge is 0.253 e. The van der Waals surface area contributed by atoms with Gasteiger partial charge in [-0.1, -0.05) is 23.7 Å². The maximum Gasteiger partial charge on any atom is 0.253 e. The number of hydrogen-bond donors (Lipinski definition) is 1. The fourth-order valence-corrected chi connectivity index (χ4v) is 3.60. The van der Waals surface area contributed by atoms with Crippen molar-refractivity contribution in [2.45, 2.75) is 6.42 Å². The summed E-state index contributed by atoms with van der Waals surface area (Å²) in [4.78, 5) is 16.9. The summed E-state index contributed by atoms with van der Waals surface area (Å²) >= 11 is 5.96. The van der Waals surface area contributed by atoms with E-state index >= 15 is 0 Å². The van der Waals surface area contributed by atoms with E-state index in [1.807, 2.05) is 35.2 Å². The van der Waals surface area contributed by atoms with E-state index < -0.39 is 0 Å². The first-order chi connectivity index (χ1) is 14.1. The molecule has 1 amide bonds. The van der Waals surface area contributed by atoms with Crippen molar-refractivity contribution >= 4 is 23.3 Å². The molecule has 0 radical (unpaired) electrons. The molecular weight excluding hydrogens is 386 g/mol. The van der Waals surface area contributed by atoms with Gasteiger partial charge in [-0.25, -0.2) is 0 Å². The predicted molar refractivity (Wildman–Crippen MR) is 113 cm³/mol. The Labute approximate surface area is 174 Å². The zero-order valence-electron chi connectivity index (χ0n) is 15.8. The number of nitriles is 1. The van der Waals surface area contributed by atoms with Crippen LogP contribution in [0.5, 0.6) is 0 Å². The third-order valence-electron chi connectivity index (χ3n) is 5.09. The molecule has 0 spiro atoms. The molecule has 2 aromatic carbocycles. The Morgan fingerprint density at radius 1 is 1.03 bits per heavy atom. The van der Waals surface area contributed by atoms with Crippen LogP contribution in [0.15, 0.2) is 54.6 Å². The molecule has 0 atom stereocenters. The van der Waals surface area contributed by atoms with E-state index in [9.17, 15) is 4.79 Å². The van der Waals surface area contributed by atoms with E-state index in [4.69, 9.17) is 16.9 Å². The molecule has 1 aliphatic heterocycles. The van der Waals surface area contributed by atoms with Gasteiger partial charge < -0.3 is 9.80 Å². The van der Waals surface area contributed by atoms with Crippen LogP contribution in [-0.4, -0.2) is 47.2 Å². The Bertz CT molecular complexity index is 1040. The standard InChI is InChI=1S/C22H20ClN5O/c23-19-8-6-17(7-9-19)20-14-21(26-25-20)27-10-1-11-28(13-12-27)22(29)18-4-2-16(15-24)3-5-18/h2-9,14H,1,10-13H2,(H,25,26). The molecule has 146 valence electrons. The van der Waals surface area contributed by atoms with E-state index in [1.54, 1.807) is 24.3 Å². The molecule has 0 saturated carbocycles. The van der Waals surface area contributed by atoms with Crippen molar-refractivity contribution in [3.05, 3.63) is 70.7 Å². The number of carbonyl (C=O) groups excluding carboxylic acids is 1. The zero-order valence-corrected chi connectivity index (χ0v) is 16.6. The molecule has 1 saturated heterocycles. The van der Waals surface area contributed by atoms with E-state index in [0.29, 0.717) is 35.8 Å². The lowest BCUT2D eigenvalue weighted by Gasteiger charge is -2.22. The zero-order chi connectivity index (χ0) is 20.2. The van der Waals surface area contributed by atoms with Crippen molar-refractivity contribution in [1.29, 1.82) is 5.26 Å². The number of halogens is 1. The number of nitrogens with one attached hydrogen (secondary N) is 1. The lowest BCUT2D eigenvalue weighted by molar-refractivity contribution is 0.0767. The average Bonchev–Trinajstić information content (AvgIpc) is 3.12. The normalized spacial score (nSPS) is 14.3. The summed E-state index contributed by atoms with van der Waals surface area (Å²) in [6, 6.07) is 18.5. The van der Waals surface area contributed by atoms with Crippen LogP contribution >= 0.6 is 11.6 Å². The van der Waals surface area contributed by atoms with Crippen LogP contribution in [0.2, 0.25) is 5.02 Å². The Balaban J connectivity index is 1.43. The lowest BCUT2D eigenvalue weighted by Crippen LogP contribution is -2.35. The molecule has 29 heavy (non-hydrogen) atoms. The van der Waals surface area contributed by atoms with Crippen molar-refractivity contribution < 1.29 is 4.79 Å². The topological polar surface area (TPSA) is 76.0 Å². The summed E-state index contributed by atoms with van der Waals surface area (Å²) in [6.07, 6.45) is 0.866. The van der Waals surface area contributed by atoms with Gasteiger partial charge in [-0.3, -0.25) is 9.89 Å². The second-order valence-corrected chi connectivity index (χ2v) is 7.41. The molecule has 6 nitrogen and oxygen atoms in total. The van der Waals surface area contributed by atoms with Crippen molar-refractivity contribution in [3.63, 3.8) is 0 Å². The van der Waals surface area contributed by atoms with Gasteiger partial charge in [0.15, 0.2) is 5.82 Å². The number of hydrogen-bond acceptors (Lipinski definition) is 4. The molecule has 3 aromatic rings. The molecule has 1 aliphatic rings. The molecule has 2 heterocycles. The summed E-state index contributed by atoms with van der Waals surface area (Å²) in [5.41, 5.74) is 3.13. The van der Waals surface area contributed by atoms with Gasteiger partial charge in [0.2, 0.25) is 0 Å². The maximum atomic E-state index is 12.8. The van der Waals surface area contributed by atoms with E-state index in [1.165, 1.54) is 0 Å². The number of rotatable bonds is 3. The van der Waals surface area contributed by atoms with Crippen LogP contribution in [0, 0.1) is 11.3 Å². The minimum Gasteiger partial charge on any atom is -0.353 e. The largest absolute Gasteiger partial charge is 0.353 e. The highest BCUT2D eigenvalue weighted by Crippen LogP contribution is 2.24. The van der Waals surface area contributed by atoms with Crippen LogP contribution in [0.1, 0.15) is 22.3 Å². The number of aromatic amines is 1. The number of carbonyl (C=O) groups is 1. The summed E-state index contributed by atoms with van der Waals surface area (Å²) in [6.45, 7) is 2.88. The maximum absolute atomic E-state index is 12.8. The molecule has 0 bridgehead atoms. The molecule has 0 aliphatic carbocycles. The van der Waals surface area contributed by atoms with E-state index in [2.05, 4.69) is 21.2 Å². The molecule has 7 heteroatoms. The SMILES string of the molecule is N#Cc1ccc(C(=O)N2CCCN(c3cc(-c4ccc(Cl)cc4)[nH]n3)CC2)cc1. The summed E-state index contributed by atoms with van der Waals surface area (Å²) < 4.78 is 0. The fraction of sp³-hybridized carbons (Fsp3) is 0.227. The lowest BCUT2D eigenvalue weighted by atomic mass is 10.1. The Hall–Kier alpha value is -3.30. The Morgan fingerprint density at radius 2 is 1.79 bits per heavy atom. The average molecular weight is 406 g/mol. The molecule has 0 unspecified atom stereocenters. The van der Waals surface area contributed by atoms with Gasteiger partial charge in [0.25, 0.3) is 5.91 Å². The van der Waals surface area contributed by atoms with Gasteiger partial charge in [-0.2, -0.15) is 10.4 Å². The number of nitrogens with zero attached hydrogens (tertiary/aromatic N) is 4. The van der Waals surface area contributed by atoms with Gasteiger partial charge >= 0.3 is 0 Å². The second kappa shape index (κ2) is 8.38. The first-order valence-electron chi connectivity index (χ1n) is 9.50. The molecule has 1 N–H and O–H groups in total. The fourth-order valence-electron chi connectivity index (χ4n) is 3.47. The number of benzene rings is 2. The van der Waals surface area contributed by atoms with Crippen LogP contribution in [0.3, 0.4) is 0 Å². The molecule has 1 aromatic heterocycles. The minimum absolute atomic E-state index is 0.000205. The number of amides is 1. The van der Waals surface area contributed by atoms with Crippen molar-refractivity contribution in [2.75, 3.05) is 31.1 Å². The van der Waals surface area contributed by atoms with Gasteiger partial charge in [-0.05, 0) is 48.4 Å². The third kappa shape index (κ3) is 4.25. The van der Waals surface area contributed by atoms with Crippen molar-refractivity contribution in [3.8, 4) is 17.3 Å². The van der Waals surface area contributed by atoms with Crippen LogP contribution in [0.4, 0.5) is 5.82 Å². The van der Waals surface area contributed by atoms with E-state index in [-0.39, 0.29) is 5.91 Å². The molecule has 1 fully saturated rings. The highest BCUT2D eigenvalue weighted by molar-refractivity contribution is 6.30. The van der Waals surface area contributed by atoms with Gasteiger partial charge in [0.05, 0.1) is 17.3 Å². The summed E-state index contributed by atoms with van der Waals surface area (Å²) in [5.74, 6) is 0.878. The summed E-state index contributed by atoms with van der Waals surface area (Å²) in [7, 11) is 0. The molecule has 4 rings (SSSR count). The van der Waals surface area contributed by atoms with Gasteiger partial charge in [0.1, 0.15) is 0 Å². The highest BCUT2D eigenvalue weighted by atomic mass is 35.5. The minimum atomic E-state index is 0.000205. The van der Waals surface area contributed by atoms with Crippen molar-refractivity contribution in [1.82, 2.24) is 15.1 Å². The van der Waals surface area contributed by atoms with Crippen LogP contribution < -0.4 is 4.90 Å². The van der Waals surface area contributed by atoms with Crippen LogP contribution in [-0.2, 0) is 0 Å². The Morgan fingerprint density at radius 3 is 2.52 bits per heavy atom. The van der Waals surface area contributed by atoms with Gasteiger partial charge in [0, 0.05) is 42.8 Å². The molecular formula is C22H20ClN5O. The summed E-state index contributed by atoms with van der Waals surface area (Å²) in [5, 5.41) is 17.2.